The van der Waals surface area contributed by atoms with Gasteiger partial charge in [-0.05, 0) is 38.1 Å². The number of nitrogens with zero attached hydrogens (tertiary/aromatic N) is 3. The quantitative estimate of drug-likeness (QED) is 0.428. The molecule has 0 fully saturated rings. The van der Waals surface area contributed by atoms with Crippen molar-refractivity contribution in [2.24, 2.45) is 0 Å². The summed E-state index contributed by atoms with van der Waals surface area (Å²) in [7, 11) is 0. The lowest BCUT2D eigenvalue weighted by atomic mass is 10.1. The minimum Gasteiger partial charge on any atom is -0.419 e. The van der Waals surface area contributed by atoms with Crippen molar-refractivity contribution in [2.75, 3.05) is 5.32 Å². The highest BCUT2D eigenvalue weighted by Gasteiger charge is 2.17. The molecule has 1 amide bonds. The van der Waals surface area contributed by atoms with Gasteiger partial charge in [0.15, 0.2) is 5.75 Å². The second-order valence-electron chi connectivity index (χ2n) is 5.96. The predicted octanol–water partition coefficient (Wildman–Crippen LogP) is 3.23. The zero-order chi connectivity index (χ0) is 19.4. The van der Waals surface area contributed by atoms with Crippen LogP contribution in [-0.4, -0.2) is 26.9 Å². The van der Waals surface area contributed by atoms with Gasteiger partial charge in [-0.25, -0.2) is 9.48 Å². The lowest BCUT2D eigenvalue weighted by molar-refractivity contribution is -0.128. The fourth-order valence-corrected chi connectivity index (χ4v) is 2.69. The Labute approximate surface area is 156 Å². The van der Waals surface area contributed by atoms with E-state index in [1.54, 1.807) is 36.5 Å². The van der Waals surface area contributed by atoms with Gasteiger partial charge in [0, 0.05) is 11.6 Å². The van der Waals surface area contributed by atoms with E-state index in [2.05, 4.69) is 22.2 Å². The Kier molecular flexibility index (Phi) is 5.12. The van der Waals surface area contributed by atoms with Gasteiger partial charge in [0.2, 0.25) is 0 Å². The van der Waals surface area contributed by atoms with Gasteiger partial charge in [-0.2, -0.15) is 0 Å². The van der Waals surface area contributed by atoms with Crippen LogP contribution in [0.15, 0.2) is 61.4 Å². The van der Waals surface area contributed by atoms with Crippen LogP contribution in [0.5, 0.6) is 5.75 Å². The molecule has 0 radical (unpaired) electrons. The van der Waals surface area contributed by atoms with Crippen LogP contribution in [-0.2, 0) is 4.79 Å². The standard InChI is InChI=1S/C20H18N4O3/c1-4-18(25)27-19-16(6-5-7-17(19)24-9-8-21-23-24)22-20(26)15-11-13(2)10-14(3)12-15/h4-12H,1H2,2-3H3,(H,22,26). The molecule has 0 unspecified atom stereocenters. The number of esters is 1. The Bertz CT molecular complexity index is 990. The number of aromatic nitrogens is 3. The average Bonchev–Trinajstić information content (AvgIpc) is 3.16. The van der Waals surface area contributed by atoms with Crippen molar-refractivity contribution in [3.8, 4) is 11.4 Å². The topological polar surface area (TPSA) is 86.1 Å². The number of rotatable bonds is 5. The van der Waals surface area contributed by atoms with E-state index in [-0.39, 0.29) is 11.7 Å². The van der Waals surface area contributed by atoms with E-state index in [1.807, 2.05) is 19.9 Å². The summed E-state index contributed by atoms with van der Waals surface area (Å²) in [6.45, 7) is 7.26. The molecule has 136 valence electrons. The molecule has 0 aliphatic heterocycles. The molecule has 0 atom stereocenters. The van der Waals surface area contributed by atoms with Gasteiger partial charge in [0.25, 0.3) is 5.91 Å². The van der Waals surface area contributed by atoms with Gasteiger partial charge < -0.3 is 10.1 Å². The van der Waals surface area contributed by atoms with E-state index in [4.69, 9.17) is 4.74 Å². The van der Waals surface area contributed by atoms with Crippen molar-refractivity contribution >= 4 is 17.6 Å². The number of benzene rings is 2. The van der Waals surface area contributed by atoms with Crippen molar-refractivity contribution in [1.82, 2.24) is 15.0 Å². The number of anilines is 1. The Hall–Kier alpha value is -3.74. The summed E-state index contributed by atoms with van der Waals surface area (Å²) in [6, 6.07) is 10.6. The van der Waals surface area contributed by atoms with Gasteiger partial charge in [0.1, 0.15) is 5.69 Å². The number of para-hydroxylation sites is 1. The fraction of sp³-hybridized carbons (Fsp3) is 0.100. The molecular formula is C20H18N4O3. The third-order valence-corrected chi connectivity index (χ3v) is 3.77. The number of carbonyl (C=O) groups is 2. The normalized spacial score (nSPS) is 10.3. The highest BCUT2D eigenvalue weighted by molar-refractivity contribution is 6.06. The highest BCUT2D eigenvalue weighted by atomic mass is 16.5. The molecule has 3 aromatic rings. The fourth-order valence-electron chi connectivity index (χ4n) is 2.69. The van der Waals surface area contributed by atoms with Crippen LogP contribution in [0.4, 0.5) is 5.69 Å². The number of hydrogen-bond acceptors (Lipinski definition) is 5. The summed E-state index contributed by atoms with van der Waals surface area (Å²) in [4.78, 5) is 24.5. The highest BCUT2D eigenvalue weighted by Crippen LogP contribution is 2.32. The average molecular weight is 362 g/mol. The largest absolute Gasteiger partial charge is 0.419 e. The first-order valence-electron chi connectivity index (χ1n) is 8.21. The molecule has 2 aromatic carbocycles. The summed E-state index contributed by atoms with van der Waals surface area (Å²) in [5, 5.41) is 10.5. The molecule has 7 nitrogen and oxygen atoms in total. The molecule has 0 spiro atoms. The third-order valence-electron chi connectivity index (χ3n) is 3.77. The summed E-state index contributed by atoms with van der Waals surface area (Å²) in [5.41, 5.74) is 3.27. The van der Waals surface area contributed by atoms with Crippen LogP contribution in [0.3, 0.4) is 0 Å². The van der Waals surface area contributed by atoms with Gasteiger partial charge in [-0.1, -0.05) is 35.1 Å². The van der Waals surface area contributed by atoms with Crippen LogP contribution >= 0.6 is 0 Å². The number of carbonyl (C=O) groups excluding carboxylic acids is 2. The lowest BCUT2D eigenvalue weighted by Crippen LogP contribution is -2.15. The number of aryl methyl sites for hydroxylation is 2. The molecule has 1 N–H and O–H groups in total. The molecule has 1 heterocycles. The van der Waals surface area contributed by atoms with Gasteiger partial charge in [-0.3, -0.25) is 4.79 Å². The summed E-state index contributed by atoms with van der Waals surface area (Å²) >= 11 is 0. The zero-order valence-corrected chi connectivity index (χ0v) is 15.0. The molecule has 27 heavy (non-hydrogen) atoms. The van der Waals surface area contributed by atoms with E-state index in [9.17, 15) is 9.59 Å². The second-order valence-corrected chi connectivity index (χ2v) is 5.96. The van der Waals surface area contributed by atoms with Crippen molar-refractivity contribution in [3.63, 3.8) is 0 Å². The first-order chi connectivity index (χ1) is 13.0. The predicted molar refractivity (Wildman–Crippen MR) is 101 cm³/mol. The molecule has 0 aliphatic rings. The Morgan fingerprint density at radius 2 is 1.93 bits per heavy atom. The maximum Gasteiger partial charge on any atom is 0.335 e. The second kappa shape index (κ2) is 7.65. The monoisotopic (exact) mass is 362 g/mol. The number of ether oxygens (including phenoxy) is 1. The number of nitrogens with one attached hydrogen (secondary N) is 1. The van der Waals surface area contributed by atoms with Crippen molar-refractivity contribution < 1.29 is 14.3 Å². The van der Waals surface area contributed by atoms with Crippen LogP contribution in [0.25, 0.3) is 5.69 Å². The van der Waals surface area contributed by atoms with Crippen molar-refractivity contribution in [1.29, 1.82) is 0 Å². The summed E-state index contributed by atoms with van der Waals surface area (Å²) in [6.07, 6.45) is 4.16. The minimum absolute atomic E-state index is 0.158. The van der Waals surface area contributed by atoms with Crippen molar-refractivity contribution in [2.45, 2.75) is 13.8 Å². The van der Waals surface area contributed by atoms with Crippen molar-refractivity contribution in [3.05, 3.63) is 78.1 Å². The van der Waals surface area contributed by atoms with Gasteiger partial charge in [-0.15, -0.1) is 5.10 Å². The van der Waals surface area contributed by atoms with Gasteiger partial charge >= 0.3 is 5.97 Å². The van der Waals surface area contributed by atoms with Gasteiger partial charge in [0.05, 0.1) is 18.1 Å². The summed E-state index contributed by atoms with van der Waals surface area (Å²) in [5.74, 6) is -0.802. The molecule has 0 aliphatic carbocycles. The molecule has 0 saturated heterocycles. The Balaban J connectivity index is 2.01. The smallest absolute Gasteiger partial charge is 0.335 e. The Morgan fingerprint density at radius 3 is 2.56 bits per heavy atom. The minimum atomic E-state index is -0.649. The van der Waals surface area contributed by atoms with E-state index in [0.29, 0.717) is 16.9 Å². The first kappa shape index (κ1) is 18.1. The molecule has 7 heteroatoms. The molecular weight excluding hydrogens is 344 g/mol. The van der Waals surface area contributed by atoms with E-state index in [0.717, 1.165) is 17.2 Å². The number of hydrogen-bond donors (Lipinski definition) is 1. The zero-order valence-electron chi connectivity index (χ0n) is 15.0. The number of amides is 1. The summed E-state index contributed by atoms with van der Waals surface area (Å²) < 4.78 is 6.82. The van der Waals surface area contributed by atoms with Crippen LogP contribution < -0.4 is 10.1 Å². The molecule has 0 bridgehead atoms. The first-order valence-corrected chi connectivity index (χ1v) is 8.21. The molecule has 1 aromatic heterocycles. The van der Waals surface area contributed by atoms with E-state index in [1.165, 1.54) is 10.9 Å². The van der Waals surface area contributed by atoms with E-state index < -0.39 is 5.97 Å². The lowest BCUT2D eigenvalue weighted by Gasteiger charge is -2.15. The van der Waals surface area contributed by atoms with E-state index >= 15 is 0 Å². The molecule has 3 rings (SSSR count). The van der Waals surface area contributed by atoms with Crippen LogP contribution in [0.2, 0.25) is 0 Å². The maximum atomic E-state index is 12.7. The SMILES string of the molecule is C=CC(=O)Oc1c(NC(=O)c2cc(C)cc(C)c2)cccc1-n1ccnn1. The Morgan fingerprint density at radius 1 is 1.19 bits per heavy atom. The third kappa shape index (κ3) is 4.09. The maximum absolute atomic E-state index is 12.7. The molecule has 0 saturated carbocycles. The van der Waals surface area contributed by atoms with Crippen LogP contribution in [0, 0.1) is 13.8 Å². The van der Waals surface area contributed by atoms with Crippen LogP contribution in [0.1, 0.15) is 21.5 Å².